The third kappa shape index (κ3) is 3.29. The number of nitro groups is 1. The van der Waals surface area contributed by atoms with E-state index in [2.05, 4.69) is 4.84 Å². The number of hydrogen-bond donors (Lipinski definition) is 2. The molecule has 0 aromatic carbocycles. The third-order valence-electron chi connectivity index (χ3n) is 1.36. The van der Waals surface area contributed by atoms with Gasteiger partial charge in [-0.05, 0) is 6.07 Å². The Kier molecular flexibility index (Phi) is 3.91. The molecule has 0 aliphatic heterocycles. The summed E-state index contributed by atoms with van der Waals surface area (Å²) in [6, 6.07) is 2.43. The molecule has 0 spiro atoms. The van der Waals surface area contributed by atoms with E-state index in [-0.39, 0.29) is 9.88 Å². The van der Waals surface area contributed by atoms with Gasteiger partial charge in [-0.25, -0.2) is 10.3 Å². The number of nitrogens with zero attached hydrogens (tertiary/aromatic N) is 1. The smallest absolute Gasteiger partial charge is 0.332 e. The van der Waals surface area contributed by atoms with Gasteiger partial charge in [0, 0.05) is 6.07 Å². The zero-order chi connectivity index (χ0) is 12.1. The normalized spacial score (nSPS) is 9.75. The van der Waals surface area contributed by atoms with Crippen molar-refractivity contribution in [2.45, 2.75) is 0 Å². The number of nitrogens with one attached hydrogen (secondary N) is 1. The molecule has 1 aromatic rings. The van der Waals surface area contributed by atoms with Crippen LogP contribution in [0.25, 0.3) is 0 Å². The van der Waals surface area contributed by atoms with Crippen LogP contribution in [0, 0.1) is 10.1 Å². The van der Waals surface area contributed by atoms with Crippen molar-refractivity contribution in [3.63, 3.8) is 0 Å². The number of amides is 1. The van der Waals surface area contributed by atoms with E-state index in [1.807, 2.05) is 5.48 Å². The molecule has 0 atom stereocenters. The van der Waals surface area contributed by atoms with Gasteiger partial charge in [0.2, 0.25) is 0 Å². The van der Waals surface area contributed by atoms with E-state index in [1.165, 1.54) is 12.1 Å². The highest BCUT2D eigenvalue weighted by Gasteiger charge is 2.15. The molecule has 0 aliphatic rings. The first kappa shape index (κ1) is 12.1. The summed E-state index contributed by atoms with van der Waals surface area (Å²) in [6.45, 7) is -0.681. The largest absolute Gasteiger partial charge is 0.479 e. The van der Waals surface area contributed by atoms with Crippen molar-refractivity contribution in [2.75, 3.05) is 6.61 Å². The number of thiophene rings is 1. The average molecular weight is 246 g/mol. The quantitative estimate of drug-likeness (QED) is 0.573. The van der Waals surface area contributed by atoms with Crippen LogP contribution in [0.3, 0.4) is 0 Å². The molecule has 1 aromatic heterocycles. The fourth-order valence-corrected chi connectivity index (χ4v) is 1.47. The SMILES string of the molecule is O=C(O)CONC(=O)c1ccc([N+](=O)[O-])s1. The lowest BCUT2D eigenvalue weighted by atomic mass is 10.4. The Labute approximate surface area is 92.6 Å². The van der Waals surface area contributed by atoms with E-state index in [1.54, 1.807) is 0 Å². The molecule has 0 aliphatic carbocycles. The molecule has 0 saturated carbocycles. The van der Waals surface area contributed by atoms with Crippen LogP contribution in [0.5, 0.6) is 0 Å². The minimum atomic E-state index is -1.24. The topological polar surface area (TPSA) is 119 Å². The summed E-state index contributed by atoms with van der Waals surface area (Å²) < 4.78 is 0. The van der Waals surface area contributed by atoms with Crippen molar-refractivity contribution in [3.05, 3.63) is 27.1 Å². The zero-order valence-corrected chi connectivity index (χ0v) is 8.52. The van der Waals surface area contributed by atoms with Crippen LogP contribution in [-0.4, -0.2) is 28.5 Å². The van der Waals surface area contributed by atoms with Gasteiger partial charge in [-0.15, -0.1) is 0 Å². The van der Waals surface area contributed by atoms with E-state index in [4.69, 9.17) is 5.11 Å². The molecule has 1 amide bonds. The maximum absolute atomic E-state index is 11.2. The van der Waals surface area contributed by atoms with E-state index in [0.717, 1.165) is 0 Å². The minimum absolute atomic E-state index is 0.0667. The van der Waals surface area contributed by atoms with E-state index in [0.29, 0.717) is 11.3 Å². The second kappa shape index (κ2) is 5.19. The van der Waals surface area contributed by atoms with Crippen LogP contribution < -0.4 is 5.48 Å². The second-order valence-electron chi connectivity index (χ2n) is 2.51. The molecule has 2 N–H and O–H groups in total. The van der Waals surface area contributed by atoms with Crippen LogP contribution >= 0.6 is 11.3 Å². The third-order valence-corrected chi connectivity index (χ3v) is 2.39. The predicted octanol–water partition coefficient (Wildman–Crippen LogP) is 0.402. The summed E-state index contributed by atoms with van der Waals surface area (Å²) in [5, 5.41) is 18.3. The standard InChI is InChI=1S/C7H6N2O6S/c10-6(11)3-15-8-7(12)4-1-2-5(16-4)9(13)14/h1-2H,3H2,(H,8,12)(H,10,11). The van der Waals surface area contributed by atoms with Gasteiger partial charge in [-0.1, -0.05) is 11.3 Å². The molecule has 8 nitrogen and oxygen atoms in total. The summed E-state index contributed by atoms with van der Waals surface area (Å²) >= 11 is 0.669. The molecule has 0 saturated heterocycles. The maximum Gasteiger partial charge on any atom is 0.332 e. The number of hydroxylamine groups is 1. The van der Waals surface area contributed by atoms with Crippen LogP contribution in [-0.2, 0) is 9.63 Å². The van der Waals surface area contributed by atoms with Gasteiger partial charge in [0.1, 0.15) is 4.88 Å². The highest BCUT2D eigenvalue weighted by Crippen LogP contribution is 2.23. The van der Waals surface area contributed by atoms with Gasteiger partial charge >= 0.3 is 11.0 Å². The summed E-state index contributed by atoms with van der Waals surface area (Å²) in [5.74, 6) is -1.96. The molecule has 0 fully saturated rings. The molecule has 1 heterocycles. The fraction of sp³-hybridized carbons (Fsp3) is 0.143. The highest BCUT2D eigenvalue weighted by molar-refractivity contribution is 7.17. The lowest BCUT2D eigenvalue weighted by Crippen LogP contribution is -2.25. The molecule has 16 heavy (non-hydrogen) atoms. The van der Waals surface area contributed by atoms with Crippen molar-refractivity contribution in [1.82, 2.24) is 5.48 Å². The molecular formula is C7H6N2O6S. The van der Waals surface area contributed by atoms with E-state index in [9.17, 15) is 19.7 Å². The monoisotopic (exact) mass is 246 g/mol. The number of hydrogen-bond acceptors (Lipinski definition) is 6. The van der Waals surface area contributed by atoms with Crippen LogP contribution in [0.2, 0.25) is 0 Å². The minimum Gasteiger partial charge on any atom is -0.479 e. The summed E-state index contributed by atoms with van der Waals surface area (Å²) in [5.41, 5.74) is 1.85. The first-order valence-corrected chi connectivity index (χ1v) is 4.70. The van der Waals surface area contributed by atoms with Crippen molar-refractivity contribution >= 4 is 28.2 Å². The van der Waals surface area contributed by atoms with Gasteiger partial charge in [0.15, 0.2) is 6.61 Å². The summed E-state index contributed by atoms with van der Waals surface area (Å²) in [4.78, 5) is 35.3. The number of carbonyl (C=O) groups excluding carboxylic acids is 1. The van der Waals surface area contributed by atoms with Crippen LogP contribution in [0.15, 0.2) is 12.1 Å². The summed E-state index contributed by atoms with van der Waals surface area (Å²) in [6.07, 6.45) is 0. The van der Waals surface area contributed by atoms with E-state index >= 15 is 0 Å². The first-order valence-electron chi connectivity index (χ1n) is 3.89. The molecule has 0 bridgehead atoms. The Balaban J connectivity index is 2.53. The zero-order valence-electron chi connectivity index (χ0n) is 7.71. The second-order valence-corrected chi connectivity index (χ2v) is 3.57. The molecule has 1 rings (SSSR count). The average Bonchev–Trinajstić information content (AvgIpc) is 2.65. The van der Waals surface area contributed by atoms with E-state index < -0.39 is 23.4 Å². The Morgan fingerprint density at radius 3 is 2.75 bits per heavy atom. The Bertz CT molecular complexity index is 428. The Morgan fingerprint density at radius 1 is 1.56 bits per heavy atom. The Morgan fingerprint density at radius 2 is 2.25 bits per heavy atom. The van der Waals surface area contributed by atoms with Crippen molar-refractivity contribution in [2.24, 2.45) is 0 Å². The summed E-state index contributed by atoms with van der Waals surface area (Å²) in [7, 11) is 0. The molecule has 9 heteroatoms. The van der Waals surface area contributed by atoms with Crippen LogP contribution in [0.1, 0.15) is 9.67 Å². The molecular weight excluding hydrogens is 240 g/mol. The van der Waals surface area contributed by atoms with Gasteiger partial charge in [0.25, 0.3) is 5.91 Å². The number of carbonyl (C=O) groups is 2. The van der Waals surface area contributed by atoms with Crippen molar-refractivity contribution in [1.29, 1.82) is 0 Å². The van der Waals surface area contributed by atoms with Crippen molar-refractivity contribution < 1.29 is 24.5 Å². The number of aliphatic carboxylic acids is 1. The lowest BCUT2D eigenvalue weighted by Gasteiger charge is -2.00. The number of rotatable bonds is 5. The van der Waals surface area contributed by atoms with Gasteiger partial charge in [-0.3, -0.25) is 19.7 Å². The first-order chi connectivity index (χ1) is 7.50. The van der Waals surface area contributed by atoms with Crippen molar-refractivity contribution in [3.8, 4) is 0 Å². The number of carboxylic acids is 1. The van der Waals surface area contributed by atoms with Gasteiger partial charge in [0.05, 0.1) is 4.92 Å². The van der Waals surface area contributed by atoms with Gasteiger partial charge in [-0.2, -0.15) is 0 Å². The Hall–Kier alpha value is -2.00. The van der Waals surface area contributed by atoms with Crippen LogP contribution in [0.4, 0.5) is 5.00 Å². The van der Waals surface area contributed by atoms with Gasteiger partial charge < -0.3 is 5.11 Å². The maximum atomic E-state index is 11.2. The highest BCUT2D eigenvalue weighted by atomic mass is 32.1. The molecule has 0 unspecified atom stereocenters. The predicted molar refractivity (Wildman–Crippen MR) is 52.0 cm³/mol. The fourth-order valence-electron chi connectivity index (χ4n) is 0.762. The molecule has 0 radical (unpaired) electrons. The molecule has 86 valence electrons. The number of carboxylic acid groups (broad SMARTS) is 1. The lowest BCUT2D eigenvalue weighted by molar-refractivity contribution is -0.380.